The molecule has 0 saturated heterocycles. The summed E-state index contributed by atoms with van der Waals surface area (Å²) >= 11 is 1.20. The zero-order valence-corrected chi connectivity index (χ0v) is 18.4. The first-order chi connectivity index (χ1) is 15.0. The topological polar surface area (TPSA) is 91.4 Å². The molecule has 2 aromatic carbocycles. The van der Waals surface area contributed by atoms with Crippen LogP contribution >= 0.6 is 0 Å². The number of aldehydes is 1. The molecule has 3 aromatic rings. The molecule has 31 heavy (non-hydrogen) atoms. The lowest BCUT2D eigenvalue weighted by Crippen LogP contribution is -2.04. The number of fused-ring (bicyclic) bond motifs is 5. The quantitative estimate of drug-likeness (QED) is 0.198. The monoisotopic (exact) mass is 425 g/mol. The van der Waals surface area contributed by atoms with Crippen LogP contribution in [0, 0.1) is 11.3 Å². The van der Waals surface area contributed by atoms with Crippen LogP contribution in [-0.4, -0.2) is 16.3 Å². The fraction of sp³-hybridized carbons (Fsp3) is 0.250. The smallest absolute Gasteiger partial charge is 0.161 e. The van der Waals surface area contributed by atoms with Crippen molar-refractivity contribution in [1.82, 2.24) is 9.97 Å². The Morgan fingerprint density at radius 3 is 2.00 bits per heavy atom. The van der Waals surface area contributed by atoms with Crippen LogP contribution in [0.15, 0.2) is 38.6 Å². The average molecular weight is 426 g/mol. The van der Waals surface area contributed by atoms with Gasteiger partial charge in [0.05, 0.1) is 33.8 Å². The first-order valence-corrected chi connectivity index (χ1v) is 10.9. The summed E-state index contributed by atoms with van der Waals surface area (Å²) in [5.41, 5.74) is 8.96. The van der Waals surface area contributed by atoms with Crippen molar-refractivity contribution in [2.45, 2.75) is 39.5 Å². The van der Waals surface area contributed by atoms with E-state index >= 15 is 0 Å². The highest BCUT2D eigenvalue weighted by atomic mass is 32.1. The third-order valence-electron chi connectivity index (χ3n) is 5.76. The van der Waals surface area contributed by atoms with E-state index in [2.05, 4.69) is 36.4 Å². The van der Waals surface area contributed by atoms with Crippen LogP contribution in [0.4, 0.5) is 11.4 Å². The molecule has 5 rings (SSSR count). The summed E-state index contributed by atoms with van der Waals surface area (Å²) in [4.78, 5) is 21.9. The second-order valence-electron chi connectivity index (χ2n) is 8.28. The van der Waals surface area contributed by atoms with Gasteiger partial charge in [-0.25, -0.2) is 9.97 Å². The Morgan fingerprint density at radius 2 is 1.48 bits per heavy atom. The molecule has 0 unspecified atom stereocenters. The lowest BCUT2D eigenvalue weighted by atomic mass is 9.90. The molecule has 1 aromatic heterocycles. The van der Waals surface area contributed by atoms with Gasteiger partial charge in [0.25, 0.3) is 0 Å². The van der Waals surface area contributed by atoms with Crippen LogP contribution in [0.5, 0.6) is 0 Å². The number of nitrogens with zero attached hydrogens (tertiary/aromatic N) is 5. The molecule has 1 aliphatic carbocycles. The molecular formula is C24H19N5OS. The highest BCUT2D eigenvalue weighted by molar-refractivity contribution is 7.58. The first-order valence-electron chi connectivity index (χ1n) is 10.2. The summed E-state index contributed by atoms with van der Waals surface area (Å²) in [7, 11) is 0. The Balaban J connectivity index is 2.01. The van der Waals surface area contributed by atoms with Crippen molar-refractivity contribution in [2.75, 3.05) is 0 Å². The Morgan fingerprint density at radius 1 is 0.935 bits per heavy atom. The normalized spacial score (nSPS) is 15.0. The number of carbonyl (C=O) groups is 1. The van der Waals surface area contributed by atoms with E-state index in [-0.39, 0.29) is 17.4 Å². The fourth-order valence-electron chi connectivity index (χ4n) is 4.48. The minimum Gasteiger partial charge on any atom is -0.297 e. The molecule has 0 saturated carbocycles. The lowest BCUT2D eigenvalue weighted by Gasteiger charge is -2.19. The van der Waals surface area contributed by atoms with Crippen molar-refractivity contribution in [3.05, 3.63) is 52.2 Å². The maximum Gasteiger partial charge on any atom is 0.161 e. The van der Waals surface area contributed by atoms with Crippen LogP contribution in [0.25, 0.3) is 27.9 Å². The zero-order chi connectivity index (χ0) is 21.9. The zero-order valence-electron chi connectivity index (χ0n) is 17.6. The number of nitriles is 1. The van der Waals surface area contributed by atoms with Gasteiger partial charge in [0, 0.05) is 22.3 Å². The van der Waals surface area contributed by atoms with Crippen LogP contribution in [-0.2, 0) is 16.1 Å². The van der Waals surface area contributed by atoms with Crippen molar-refractivity contribution < 1.29 is 4.79 Å². The number of aromatic nitrogens is 2. The van der Waals surface area contributed by atoms with Gasteiger partial charge in [-0.3, -0.25) is 4.79 Å². The molecule has 0 bridgehead atoms. The summed E-state index contributed by atoms with van der Waals surface area (Å²) < 4.78 is 9.20. The number of hydrogen-bond acceptors (Lipinski definition) is 6. The van der Waals surface area contributed by atoms with E-state index in [0.717, 1.165) is 44.7 Å². The Kier molecular flexibility index (Phi) is 4.42. The second-order valence-corrected chi connectivity index (χ2v) is 8.81. The maximum absolute atomic E-state index is 11.7. The molecule has 2 aliphatic rings. The van der Waals surface area contributed by atoms with Gasteiger partial charge in [-0.1, -0.05) is 52.0 Å². The Hall–Kier alpha value is -3.50. The SMILES string of the molecule is CC(C)c1c2c(c(C(C)C)c3nc4c(nc13)/C(=C(\C#N)C=O)c1ccccc1-4)N=S=N2. The van der Waals surface area contributed by atoms with Crippen molar-refractivity contribution in [1.29, 1.82) is 5.26 Å². The molecule has 0 N–H and O–H groups in total. The highest BCUT2D eigenvalue weighted by Gasteiger charge is 2.33. The Bertz CT molecular complexity index is 1450. The molecule has 0 amide bonds. The van der Waals surface area contributed by atoms with E-state index in [0.29, 0.717) is 23.2 Å². The molecule has 152 valence electrons. The van der Waals surface area contributed by atoms with Crippen LogP contribution in [0.3, 0.4) is 0 Å². The fourth-order valence-corrected chi connectivity index (χ4v) is 5.06. The molecule has 0 radical (unpaired) electrons. The highest BCUT2D eigenvalue weighted by Crippen LogP contribution is 2.51. The molecule has 2 heterocycles. The largest absolute Gasteiger partial charge is 0.297 e. The summed E-state index contributed by atoms with van der Waals surface area (Å²) in [6.07, 6.45) is 0.601. The van der Waals surface area contributed by atoms with E-state index in [4.69, 9.17) is 9.97 Å². The lowest BCUT2D eigenvalue weighted by molar-refractivity contribution is -0.104. The molecule has 6 nitrogen and oxygen atoms in total. The van der Waals surface area contributed by atoms with Gasteiger partial charge in [-0.05, 0) is 17.4 Å². The number of hydrogen-bond donors (Lipinski definition) is 0. The third-order valence-corrected chi connectivity index (χ3v) is 6.28. The van der Waals surface area contributed by atoms with Gasteiger partial charge in [-0.15, -0.1) is 0 Å². The molecular weight excluding hydrogens is 406 g/mol. The van der Waals surface area contributed by atoms with E-state index < -0.39 is 0 Å². The average Bonchev–Trinajstić information content (AvgIpc) is 3.34. The summed E-state index contributed by atoms with van der Waals surface area (Å²) in [6, 6.07) is 9.74. The number of benzene rings is 2. The van der Waals surface area contributed by atoms with E-state index in [9.17, 15) is 10.1 Å². The van der Waals surface area contributed by atoms with Gasteiger partial charge >= 0.3 is 0 Å². The minimum atomic E-state index is 0.0615. The van der Waals surface area contributed by atoms with Crippen molar-refractivity contribution in [3.63, 3.8) is 0 Å². The predicted octanol–water partition coefficient (Wildman–Crippen LogP) is 6.11. The number of carbonyl (C=O) groups excluding carboxylic acids is 1. The van der Waals surface area contributed by atoms with Gasteiger partial charge < -0.3 is 0 Å². The van der Waals surface area contributed by atoms with Crippen LogP contribution in [0.1, 0.15) is 61.9 Å². The number of rotatable bonds is 3. The molecule has 7 heteroatoms. The Labute approximate surface area is 183 Å². The predicted molar refractivity (Wildman–Crippen MR) is 122 cm³/mol. The van der Waals surface area contributed by atoms with E-state index in [1.807, 2.05) is 30.3 Å². The van der Waals surface area contributed by atoms with E-state index in [1.165, 1.54) is 11.4 Å². The van der Waals surface area contributed by atoms with Crippen LogP contribution < -0.4 is 0 Å². The van der Waals surface area contributed by atoms with Crippen molar-refractivity contribution in [3.8, 4) is 17.3 Å². The summed E-state index contributed by atoms with van der Waals surface area (Å²) in [5.74, 6) is 0.332. The van der Waals surface area contributed by atoms with Gasteiger partial charge in [-0.2, -0.15) is 14.0 Å². The minimum absolute atomic E-state index is 0.0615. The maximum atomic E-state index is 11.7. The standard InChI is InChI=1S/C24H19N5OS/c1-11(2)16-20-21(17(12(3)4)24-23(16)28-31-29-24)27-22-18(13(9-25)10-30)14-7-5-6-8-15(14)19(22)26-20/h5-8,10-12H,1-4H3/b18-13+. The third kappa shape index (κ3) is 2.65. The van der Waals surface area contributed by atoms with Crippen LogP contribution in [0.2, 0.25) is 0 Å². The molecule has 0 spiro atoms. The van der Waals surface area contributed by atoms with Gasteiger partial charge in [0.1, 0.15) is 23.0 Å². The first kappa shape index (κ1) is 19.5. The molecule has 0 fully saturated rings. The van der Waals surface area contributed by atoms with Crippen molar-refractivity contribution >= 4 is 45.6 Å². The molecule has 0 atom stereocenters. The number of allylic oxidation sites excluding steroid dienone is 1. The van der Waals surface area contributed by atoms with E-state index in [1.54, 1.807) is 0 Å². The van der Waals surface area contributed by atoms with Crippen molar-refractivity contribution in [2.24, 2.45) is 8.73 Å². The van der Waals surface area contributed by atoms with Gasteiger partial charge in [0.2, 0.25) is 0 Å². The summed E-state index contributed by atoms with van der Waals surface area (Å²) in [6.45, 7) is 8.46. The molecule has 1 aliphatic heterocycles. The summed E-state index contributed by atoms with van der Waals surface area (Å²) in [5, 5.41) is 9.62. The second kappa shape index (κ2) is 7.03. The van der Waals surface area contributed by atoms with Gasteiger partial charge in [0.15, 0.2) is 6.29 Å².